The molecule has 3 aromatic carbocycles. The first-order chi connectivity index (χ1) is 18.6. The highest BCUT2D eigenvalue weighted by Crippen LogP contribution is 2.59. The molecule has 3 aromatic rings. The summed E-state index contributed by atoms with van der Waals surface area (Å²) in [5.74, 6) is 1.20. The summed E-state index contributed by atoms with van der Waals surface area (Å²) in [6.45, 7) is 15.9. The zero-order valence-electron chi connectivity index (χ0n) is 24.9. The molecule has 0 N–H and O–H groups in total. The number of rotatable bonds is 4. The van der Waals surface area contributed by atoms with Crippen LogP contribution in [0, 0.1) is 0 Å². The van der Waals surface area contributed by atoms with Gasteiger partial charge in [-0.3, -0.25) is 0 Å². The second-order valence-electron chi connectivity index (χ2n) is 12.5. The van der Waals surface area contributed by atoms with Crippen molar-refractivity contribution in [3.8, 4) is 5.75 Å². The van der Waals surface area contributed by atoms with Gasteiger partial charge in [0.15, 0.2) is 5.72 Å². The predicted molar refractivity (Wildman–Crippen MR) is 165 cm³/mol. The van der Waals surface area contributed by atoms with E-state index in [1.54, 1.807) is 0 Å². The van der Waals surface area contributed by atoms with Crippen LogP contribution in [0.25, 0.3) is 0 Å². The van der Waals surface area contributed by atoms with E-state index in [1.807, 2.05) is 0 Å². The monoisotopic (exact) mass is 521 g/mol. The zero-order valence-corrected chi connectivity index (χ0v) is 24.9. The lowest BCUT2D eigenvalue weighted by molar-refractivity contribution is -0.0105. The molecule has 2 atom stereocenters. The Kier molecular flexibility index (Phi) is 5.84. The molecule has 2 unspecified atom stereocenters. The second kappa shape index (κ2) is 8.81. The van der Waals surface area contributed by atoms with E-state index in [4.69, 9.17) is 4.74 Å². The van der Waals surface area contributed by atoms with Crippen LogP contribution in [0.2, 0.25) is 0 Å². The molecule has 204 valence electrons. The zero-order chi connectivity index (χ0) is 27.7. The largest absolute Gasteiger partial charge is 0.467 e. The Morgan fingerprint density at radius 1 is 0.872 bits per heavy atom. The van der Waals surface area contributed by atoms with Gasteiger partial charge >= 0.3 is 0 Å². The summed E-state index contributed by atoms with van der Waals surface area (Å²) in [6, 6.07) is 24.5. The van der Waals surface area contributed by atoms with Crippen LogP contribution in [0.1, 0.15) is 70.6 Å². The number of likely N-dealkylation sites (N-methyl/N-ethyl adjacent to an activating group) is 2. The Morgan fingerprint density at radius 3 is 2.15 bits per heavy atom. The van der Waals surface area contributed by atoms with E-state index in [-0.39, 0.29) is 16.7 Å². The first kappa shape index (κ1) is 25.9. The van der Waals surface area contributed by atoms with Gasteiger partial charge in [-0.1, -0.05) is 56.3 Å². The second-order valence-corrected chi connectivity index (χ2v) is 12.5. The Balaban J connectivity index is 1.53. The van der Waals surface area contributed by atoms with Crippen LogP contribution in [0.5, 0.6) is 5.75 Å². The van der Waals surface area contributed by atoms with E-state index in [1.165, 1.54) is 39.4 Å². The Bertz CT molecular complexity index is 1450. The molecular weight excluding hydrogens is 478 g/mol. The first-order valence-electron chi connectivity index (χ1n) is 14.5. The summed E-state index contributed by atoms with van der Waals surface area (Å²) in [6.07, 6.45) is 3.44. The minimum atomic E-state index is -0.490. The number of fused-ring (bicyclic) bond motifs is 3. The van der Waals surface area contributed by atoms with E-state index in [9.17, 15) is 0 Å². The molecule has 0 bridgehead atoms. The van der Waals surface area contributed by atoms with Gasteiger partial charge in [0.25, 0.3) is 0 Å². The van der Waals surface area contributed by atoms with Crippen molar-refractivity contribution in [3.63, 3.8) is 0 Å². The standard InChI is InChI=1S/C35H43N3O/c1-9-38(10-2)25-19-20-31-26(22-25)24(21-32-33(3,4)27-15-11-13-17-29(27)36(32)7)23-35(39-31)34(5,6)28-16-12-14-18-30(28)37(35)8/h11-22,24H,9-10,23H2,1-8H3/b32-21+. The summed E-state index contributed by atoms with van der Waals surface area (Å²) < 4.78 is 7.19. The molecule has 0 aliphatic carbocycles. The fourth-order valence-corrected chi connectivity index (χ4v) is 7.68. The third-order valence-electron chi connectivity index (χ3n) is 10.1. The van der Waals surface area contributed by atoms with Crippen LogP contribution in [0.3, 0.4) is 0 Å². The van der Waals surface area contributed by atoms with Crippen molar-refractivity contribution in [2.24, 2.45) is 0 Å². The van der Waals surface area contributed by atoms with Crippen molar-refractivity contribution < 1.29 is 4.74 Å². The molecule has 0 fully saturated rings. The van der Waals surface area contributed by atoms with Crippen molar-refractivity contribution in [3.05, 3.63) is 95.2 Å². The normalized spacial score (nSPS) is 24.9. The van der Waals surface area contributed by atoms with Crippen molar-refractivity contribution in [1.82, 2.24) is 0 Å². The van der Waals surface area contributed by atoms with Crippen molar-refractivity contribution >= 4 is 17.1 Å². The predicted octanol–water partition coefficient (Wildman–Crippen LogP) is 7.83. The number of hydrogen-bond donors (Lipinski definition) is 0. The van der Waals surface area contributed by atoms with E-state index in [0.29, 0.717) is 0 Å². The maximum Gasteiger partial charge on any atom is 0.192 e. The molecule has 0 amide bonds. The van der Waals surface area contributed by atoms with Crippen molar-refractivity contribution in [2.45, 2.75) is 70.4 Å². The lowest BCUT2D eigenvalue weighted by atomic mass is 9.70. The molecule has 3 heterocycles. The number of nitrogens with zero attached hydrogens (tertiary/aromatic N) is 3. The highest BCUT2D eigenvalue weighted by atomic mass is 16.5. The smallest absolute Gasteiger partial charge is 0.192 e. The third kappa shape index (κ3) is 3.49. The minimum Gasteiger partial charge on any atom is -0.467 e. The van der Waals surface area contributed by atoms with Gasteiger partial charge in [0.05, 0.1) is 5.41 Å². The molecule has 3 aliphatic heterocycles. The van der Waals surface area contributed by atoms with Gasteiger partial charge in [0, 0.05) is 73.3 Å². The van der Waals surface area contributed by atoms with Gasteiger partial charge in [0.2, 0.25) is 0 Å². The van der Waals surface area contributed by atoms with E-state index < -0.39 is 5.72 Å². The molecule has 0 aromatic heterocycles. The van der Waals surface area contributed by atoms with Crippen LogP contribution in [0.4, 0.5) is 17.1 Å². The Labute approximate surface area is 234 Å². The fourth-order valence-electron chi connectivity index (χ4n) is 7.68. The average Bonchev–Trinajstić information content (AvgIpc) is 3.22. The molecule has 0 saturated heterocycles. The number of ether oxygens (including phenoxy) is 1. The van der Waals surface area contributed by atoms with Gasteiger partial charge in [-0.25, -0.2) is 0 Å². The third-order valence-corrected chi connectivity index (χ3v) is 10.1. The maximum absolute atomic E-state index is 7.19. The lowest BCUT2D eigenvalue weighted by Crippen LogP contribution is -2.61. The molecule has 4 nitrogen and oxygen atoms in total. The summed E-state index contributed by atoms with van der Waals surface area (Å²) >= 11 is 0. The summed E-state index contributed by atoms with van der Waals surface area (Å²) in [5.41, 5.74) is 8.48. The van der Waals surface area contributed by atoms with Gasteiger partial charge in [-0.15, -0.1) is 0 Å². The van der Waals surface area contributed by atoms with Crippen LogP contribution < -0.4 is 19.4 Å². The highest BCUT2D eigenvalue weighted by Gasteiger charge is 2.60. The van der Waals surface area contributed by atoms with E-state index in [0.717, 1.165) is 25.3 Å². The molecule has 4 heteroatoms. The van der Waals surface area contributed by atoms with E-state index >= 15 is 0 Å². The van der Waals surface area contributed by atoms with Crippen LogP contribution in [0.15, 0.2) is 78.5 Å². The number of allylic oxidation sites excluding steroid dienone is 2. The van der Waals surface area contributed by atoms with E-state index in [2.05, 4.69) is 143 Å². The first-order valence-corrected chi connectivity index (χ1v) is 14.5. The van der Waals surface area contributed by atoms with Crippen LogP contribution in [-0.4, -0.2) is 32.9 Å². The molecule has 39 heavy (non-hydrogen) atoms. The van der Waals surface area contributed by atoms with Crippen molar-refractivity contribution in [2.75, 3.05) is 41.9 Å². The number of benzene rings is 3. The highest BCUT2D eigenvalue weighted by molar-refractivity contribution is 5.71. The quantitative estimate of drug-likeness (QED) is 0.348. The van der Waals surface area contributed by atoms with Gasteiger partial charge in [0.1, 0.15) is 5.75 Å². The van der Waals surface area contributed by atoms with Crippen molar-refractivity contribution in [1.29, 1.82) is 0 Å². The summed E-state index contributed by atoms with van der Waals surface area (Å²) in [5, 5.41) is 0. The maximum atomic E-state index is 7.19. The van der Waals surface area contributed by atoms with Gasteiger partial charge < -0.3 is 19.4 Å². The SMILES string of the molecule is CCN(CC)c1ccc2c(c1)C(/C=C1/N(C)c3ccccc3C1(C)C)CC1(O2)N(C)c2ccccc2C1(C)C. The van der Waals surface area contributed by atoms with Crippen LogP contribution in [-0.2, 0) is 10.8 Å². The summed E-state index contributed by atoms with van der Waals surface area (Å²) in [7, 11) is 4.44. The number of hydrogen-bond acceptors (Lipinski definition) is 4. The molecule has 0 radical (unpaired) electrons. The molecule has 3 aliphatic rings. The van der Waals surface area contributed by atoms with Crippen LogP contribution >= 0.6 is 0 Å². The fraction of sp³-hybridized carbons (Fsp3) is 0.429. The lowest BCUT2D eigenvalue weighted by Gasteiger charge is -2.51. The Morgan fingerprint density at radius 2 is 1.51 bits per heavy atom. The average molecular weight is 522 g/mol. The summed E-state index contributed by atoms with van der Waals surface area (Å²) in [4.78, 5) is 7.24. The molecule has 1 spiro atoms. The number of para-hydroxylation sites is 2. The van der Waals surface area contributed by atoms with Gasteiger partial charge in [-0.2, -0.15) is 0 Å². The Hall–Kier alpha value is -3.40. The topological polar surface area (TPSA) is 19.0 Å². The van der Waals surface area contributed by atoms with Gasteiger partial charge in [-0.05, 0) is 69.2 Å². The molecular formula is C35H43N3O. The molecule has 6 rings (SSSR count). The number of anilines is 3. The minimum absolute atomic E-state index is 0.0759. The molecule has 0 saturated carbocycles.